The molecule has 16 nitrogen and oxygen atoms in total. The third-order valence-electron chi connectivity index (χ3n) is 20.3. The van der Waals surface area contributed by atoms with Gasteiger partial charge < -0.3 is 34.2 Å². The minimum absolute atomic E-state index is 0.0781. The molecule has 0 aromatic carbocycles. The molecule has 0 radical (unpaired) electrons. The average molecular weight is 1760 g/mol. The number of aliphatic hydroxyl groups excluding tert-OH is 2. The van der Waals surface area contributed by atoms with E-state index in [1.807, 2.05) is 0 Å². The van der Waals surface area contributed by atoms with Gasteiger partial charge in [0.25, 0.3) is 0 Å². The number of ether oxygens (including phenoxy) is 3. The molecule has 0 amide bonds. The Morgan fingerprint density at radius 3 is 0.683 bits per heavy atom. The molecule has 0 fully saturated rings. The lowest BCUT2D eigenvalue weighted by Gasteiger charge is -2.21. The summed E-state index contributed by atoms with van der Waals surface area (Å²) < 4.78 is 61.6. The summed E-state index contributed by atoms with van der Waals surface area (Å²) in [5.41, 5.74) is 0. The highest BCUT2D eigenvalue weighted by molar-refractivity contribution is 7.47. The van der Waals surface area contributed by atoms with Crippen LogP contribution in [0.4, 0.5) is 0 Å². The number of rotatable bonds is 91. The van der Waals surface area contributed by atoms with E-state index >= 15 is 0 Å². The van der Waals surface area contributed by atoms with Gasteiger partial charge in [0.1, 0.15) is 25.4 Å². The first-order valence-electron chi connectivity index (χ1n) is 48.7. The van der Waals surface area contributed by atoms with Gasteiger partial charge in [-0.15, -0.1) is 0 Å². The number of allylic oxidation sites excluding steroid dienone is 32. The van der Waals surface area contributed by atoms with Crippen LogP contribution < -0.4 is 0 Å². The first-order valence-corrected chi connectivity index (χ1v) is 51.7. The van der Waals surface area contributed by atoms with Crippen molar-refractivity contribution in [3.63, 3.8) is 0 Å². The summed E-state index contributed by atoms with van der Waals surface area (Å²) in [7, 11) is -9.83. The fourth-order valence-corrected chi connectivity index (χ4v) is 14.6. The lowest BCUT2D eigenvalue weighted by atomic mass is 10.0. The zero-order chi connectivity index (χ0) is 89.3. The van der Waals surface area contributed by atoms with Crippen molar-refractivity contribution in [1.29, 1.82) is 0 Å². The molecule has 0 bridgehead atoms. The molecular formula is C105H176O16P2. The van der Waals surface area contributed by atoms with Crippen LogP contribution in [0.3, 0.4) is 0 Å². The number of aliphatic hydroxyl groups is 2. The van der Waals surface area contributed by atoms with Crippen molar-refractivity contribution in [2.24, 2.45) is 0 Å². The van der Waals surface area contributed by atoms with Crippen LogP contribution in [0.1, 0.15) is 393 Å². The van der Waals surface area contributed by atoms with E-state index in [-0.39, 0.29) is 19.3 Å². The SMILES string of the molecule is CC/C=C\C/C=C\C/C=C\C/C=C\C/C=C\C/C=C\CCCCCCCCCCC(=O)OCC(COP(=O)(O)OCC(O)COP(=O)(O)OCC(O)COC(=O)CCCCCCCCCCCCCCCCCCCCC/C=C\C/C=C\C/C=C\C/C=C\CCCCC)OC(=O)CCCCCCCC/C=C\C/C=C\C/C=C\C/C=C\C/C=C\C/C=C\CC. The maximum atomic E-state index is 13.1. The summed E-state index contributed by atoms with van der Waals surface area (Å²) in [5, 5.41) is 20.8. The van der Waals surface area contributed by atoms with Gasteiger partial charge in [-0.05, 0) is 167 Å². The van der Waals surface area contributed by atoms with E-state index in [4.69, 9.17) is 32.3 Å². The zero-order valence-electron chi connectivity index (χ0n) is 77.5. The van der Waals surface area contributed by atoms with Crippen molar-refractivity contribution in [2.75, 3.05) is 39.6 Å². The summed E-state index contributed by atoms with van der Waals surface area (Å²) in [6.07, 6.45) is 128. The first kappa shape index (κ1) is 117. The number of carbonyl (C=O) groups is 3. The van der Waals surface area contributed by atoms with Crippen molar-refractivity contribution < 1.29 is 75.8 Å². The van der Waals surface area contributed by atoms with Gasteiger partial charge in [0.05, 0.1) is 26.4 Å². The van der Waals surface area contributed by atoms with Gasteiger partial charge in [0, 0.05) is 19.3 Å². The molecule has 0 aliphatic heterocycles. The molecule has 0 aromatic rings. The van der Waals surface area contributed by atoms with Crippen LogP contribution in [0, 0.1) is 0 Å². The molecule has 0 heterocycles. The molecule has 5 unspecified atom stereocenters. The fraction of sp³-hybridized carbons (Fsp3) is 0.667. The van der Waals surface area contributed by atoms with Crippen LogP contribution in [0.2, 0.25) is 0 Å². The summed E-state index contributed by atoms with van der Waals surface area (Å²) in [6, 6.07) is 0. The number of esters is 3. The Morgan fingerprint density at radius 2 is 0.431 bits per heavy atom. The van der Waals surface area contributed by atoms with Crippen LogP contribution >= 0.6 is 15.6 Å². The number of phosphoric acid groups is 2. The van der Waals surface area contributed by atoms with Crippen LogP contribution in [0.15, 0.2) is 194 Å². The highest BCUT2D eigenvalue weighted by Gasteiger charge is 2.30. The predicted octanol–water partition coefficient (Wildman–Crippen LogP) is 30.6. The van der Waals surface area contributed by atoms with E-state index in [9.17, 15) is 43.5 Å². The van der Waals surface area contributed by atoms with Crippen LogP contribution in [0.5, 0.6) is 0 Å². The molecule has 4 N–H and O–H groups in total. The van der Waals surface area contributed by atoms with E-state index in [2.05, 4.69) is 215 Å². The van der Waals surface area contributed by atoms with E-state index < -0.39 is 91.5 Å². The maximum Gasteiger partial charge on any atom is 0.472 e. The molecule has 0 rings (SSSR count). The highest BCUT2D eigenvalue weighted by atomic mass is 31.2. The molecule has 123 heavy (non-hydrogen) atoms. The zero-order valence-corrected chi connectivity index (χ0v) is 79.3. The van der Waals surface area contributed by atoms with E-state index in [0.717, 1.165) is 199 Å². The largest absolute Gasteiger partial charge is 0.472 e. The molecule has 0 aliphatic carbocycles. The van der Waals surface area contributed by atoms with Gasteiger partial charge in [0.2, 0.25) is 0 Å². The normalized spacial score (nSPS) is 14.6. The number of hydrogen-bond donors (Lipinski definition) is 4. The predicted molar refractivity (Wildman–Crippen MR) is 518 cm³/mol. The van der Waals surface area contributed by atoms with E-state index in [1.165, 1.54) is 135 Å². The van der Waals surface area contributed by atoms with E-state index in [0.29, 0.717) is 19.3 Å². The number of carbonyl (C=O) groups excluding carboxylic acids is 3. The Labute approximate surface area is 750 Å². The lowest BCUT2D eigenvalue weighted by Crippen LogP contribution is -2.30. The first-order chi connectivity index (χ1) is 60.2. The molecule has 0 saturated carbocycles. The van der Waals surface area contributed by atoms with Crippen molar-refractivity contribution in [1.82, 2.24) is 0 Å². The second-order valence-electron chi connectivity index (χ2n) is 32.1. The quantitative estimate of drug-likeness (QED) is 0.0146. The van der Waals surface area contributed by atoms with E-state index in [1.54, 1.807) is 0 Å². The number of hydrogen-bond acceptors (Lipinski definition) is 14. The van der Waals surface area contributed by atoms with Crippen LogP contribution in [0.25, 0.3) is 0 Å². The maximum absolute atomic E-state index is 13.1. The van der Waals surface area contributed by atoms with Gasteiger partial charge in [-0.25, -0.2) is 9.13 Å². The molecule has 702 valence electrons. The van der Waals surface area contributed by atoms with Crippen molar-refractivity contribution in [3.8, 4) is 0 Å². The van der Waals surface area contributed by atoms with Crippen LogP contribution in [-0.4, -0.2) is 95.9 Å². The second kappa shape index (κ2) is 95.5. The summed E-state index contributed by atoms with van der Waals surface area (Å²) in [6.45, 7) is 2.44. The standard InChI is InChI=1S/C105H176O16P2/c1-4-7-10-13-16-19-22-25-28-31-34-37-40-43-45-46-47-48-49-50-51-52-54-57-58-61-64-67-70-73-76-79-82-85-88-91-103(108)115-94-100(106)95-117-122(111,112)118-96-101(107)97-119-123(113,114)120-99-102(121-105(110)93-90-87-84-81-78-75-72-69-66-63-60-55-42-39-36-33-30-27-24-21-18-15-12-9-6-3)98-116-104(109)92-89-86-83-80-77-74-71-68-65-62-59-56-53-44-41-38-35-32-29-26-23-20-17-14-11-8-5-2/h8-9,11-12,16-21,25-30,34-39,43-45,53,55,59-60,62,66,69,100-102,106-107H,4-7,10,13-15,22-24,31-33,40-42,46-52,54,56-58,61,63-65,67-68,70-99H2,1-3H3,(H,111,112)(H,113,114)/b11-8-,12-9-,19-16-,20-17-,21-18-,28-25-,29-26-,30-27-,37-34-,38-35-,39-36-,45-43-,53-44-,60-55-,62-59-,69-66-. The Morgan fingerprint density at radius 1 is 0.236 bits per heavy atom. The summed E-state index contributed by atoms with van der Waals surface area (Å²) >= 11 is 0. The molecule has 0 aromatic heterocycles. The highest BCUT2D eigenvalue weighted by Crippen LogP contribution is 2.45. The minimum atomic E-state index is -4.96. The minimum Gasteiger partial charge on any atom is -0.463 e. The van der Waals surface area contributed by atoms with Gasteiger partial charge in [0.15, 0.2) is 6.10 Å². The third kappa shape index (κ3) is 96.9. The molecule has 0 spiro atoms. The Hall–Kier alpha value is -5.61. The number of phosphoric ester groups is 2. The number of unbranched alkanes of at least 4 members (excludes halogenated alkanes) is 36. The molecule has 0 saturated heterocycles. The monoisotopic (exact) mass is 1760 g/mol. The molecular weight excluding hydrogens is 1580 g/mol. The Balaban J connectivity index is 4.61. The Kier molecular flexibility index (Phi) is 91.1. The second-order valence-corrected chi connectivity index (χ2v) is 35.0. The molecule has 5 atom stereocenters. The topological polar surface area (TPSA) is 231 Å². The fourth-order valence-electron chi connectivity index (χ4n) is 13.0. The van der Waals surface area contributed by atoms with Crippen molar-refractivity contribution >= 4 is 33.6 Å². The smallest absolute Gasteiger partial charge is 0.463 e. The van der Waals surface area contributed by atoms with Gasteiger partial charge in [-0.2, -0.15) is 0 Å². The van der Waals surface area contributed by atoms with Crippen molar-refractivity contribution in [2.45, 2.75) is 411 Å². The van der Waals surface area contributed by atoms with Crippen molar-refractivity contribution in [3.05, 3.63) is 194 Å². The lowest BCUT2D eigenvalue weighted by molar-refractivity contribution is -0.161. The summed E-state index contributed by atoms with van der Waals surface area (Å²) in [4.78, 5) is 59.1. The van der Waals surface area contributed by atoms with Crippen LogP contribution in [-0.2, 0) is 55.8 Å². The van der Waals surface area contributed by atoms with Gasteiger partial charge in [-0.3, -0.25) is 32.5 Å². The van der Waals surface area contributed by atoms with Gasteiger partial charge in [-0.1, -0.05) is 401 Å². The van der Waals surface area contributed by atoms with Gasteiger partial charge >= 0.3 is 33.6 Å². The summed E-state index contributed by atoms with van der Waals surface area (Å²) in [5.74, 6) is -1.60. The average Bonchev–Trinajstić information content (AvgIpc) is 0.893. The molecule has 0 aliphatic rings. The molecule has 18 heteroatoms. The Bertz CT molecular complexity index is 3020. The third-order valence-corrected chi connectivity index (χ3v) is 22.2.